The van der Waals surface area contributed by atoms with Gasteiger partial charge in [0, 0.05) is 29.1 Å². The van der Waals surface area contributed by atoms with Crippen molar-refractivity contribution in [3.05, 3.63) is 228 Å². The van der Waals surface area contributed by atoms with Crippen molar-refractivity contribution in [2.24, 2.45) is 0 Å². The molecule has 4 heteroatoms. The summed E-state index contributed by atoms with van der Waals surface area (Å²) in [7, 11) is 0. The van der Waals surface area contributed by atoms with Crippen molar-refractivity contribution in [1.29, 1.82) is 0 Å². The van der Waals surface area contributed by atoms with Crippen molar-refractivity contribution in [3.8, 4) is 67.5 Å². The maximum absolute atomic E-state index is 5.08. The third kappa shape index (κ3) is 5.62. The predicted octanol–water partition coefficient (Wildman–Crippen LogP) is 12.3. The SMILES string of the molecule is Cc1cnccc1-c1ccc(-c2cccc(C3(c4ccccc4)c4ccccc4-c4cc(-c5nc(-c6ccccc6)nc(-c6ccccc6)n5)ccc43)c2)cc1. The van der Waals surface area contributed by atoms with Crippen molar-refractivity contribution in [2.45, 2.75) is 12.3 Å². The van der Waals surface area contributed by atoms with Gasteiger partial charge in [-0.2, -0.15) is 0 Å². The standard InChI is InChI=1S/C52H36N4/c1-35-34-53-31-30-44(35)37-26-24-36(25-27-37)40-18-13-21-43(32-40)52(42-19-9-4-10-20-42)47-23-12-11-22-45(47)46-33-41(28-29-48(46)52)51-55-49(38-14-5-2-6-15-38)54-50(56-51)39-16-7-3-8-17-39/h2-34H,1H3. The highest BCUT2D eigenvalue weighted by Gasteiger charge is 2.46. The van der Waals surface area contributed by atoms with E-state index < -0.39 is 5.41 Å². The van der Waals surface area contributed by atoms with Crippen LogP contribution in [0.25, 0.3) is 67.5 Å². The summed E-state index contributed by atoms with van der Waals surface area (Å²) in [6, 6.07) is 66.9. The molecular weight excluding hydrogens is 681 g/mol. The molecule has 0 amide bonds. The molecule has 264 valence electrons. The molecule has 0 radical (unpaired) electrons. The maximum Gasteiger partial charge on any atom is 0.164 e. The van der Waals surface area contributed by atoms with Crippen LogP contribution in [0.1, 0.15) is 27.8 Å². The monoisotopic (exact) mass is 716 g/mol. The molecule has 10 rings (SSSR count). The average molecular weight is 717 g/mol. The Kier molecular flexibility index (Phi) is 8.23. The number of nitrogens with zero attached hydrogens (tertiary/aromatic N) is 4. The Morgan fingerprint density at radius 3 is 1.57 bits per heavy atom. The largest absolute Gasteiger partial charge is 0.264 e. The molecule has 0 spiro atoms. The number of fused-ring (bicyclic) bond motifs is 3. The topological polar surface area (TPSA) is 51.6 Å². The summed E-state index contributed by atoms with van der Waals surface area (Å²) in [5, 5.41) is 0. The highest BCUT2D eigenvalue weighted by molar-refractivity contribution is 5.89. The normalized spacial score (nSPS) is 14.2. The maximum atomic E-state index is 5.08. The molecule has 7 aromatic carbocycles. The zero-order valence-electron chi connectivity index (χ0n) is 30.8. The van der Waals surface area contributed by atoms with Crippen LogP contribution in [0.4, 0.5) is 0 Å². The lowest BCUT2D eigenvalue weighted by Gasteiger charge is -2.34. The van der Waals surface area contributed by atoms with Gasteiger partial charge in [0.1, 0.15) is 0 Å². The third-order valence-corrected chi connectivity index (χ3v) is 11.1. The van der Waals surface area contributed by atoms with Crippen LogP contribution in [0.3, 0.4) is 0 Å². The summed E-state index contributed by atoms with van der Waals surface area (Å²) in [5.74, 6) is 1.94. The molecule has 1 aliphatic rings. The molecule has 2 heterocycles. The molecule has 0 fully saturated rings. The second-order valence-corrected chi connectivity index (χ2v) is 14.3. The van der Waals surface area contributed by atoms with E-state index in [4.69, 9.17) is 15.0 Å². The van der Waals surface area contributed by atoms with E-state index in [-0.39, 0.29) is 0 Å². The van der Waals surface area contributed by atoms with E-state index in [2.05, 4.69) is 139 Å². The first-order chi connectivity index (χ1) is 27.7. The van der Waals surface area contributed by atoms with Gasteiger partial charge in [-0.05, 0) is 86.3 Å². The van der Waals surface area contributed by atoms with Crippen LogP contribution < -0.4 is 0 Å². The highest BCUT2D eigenvalue weighted by Crippen LogP contribution is 2.57. The Morgan fingerprint density at radius 2 is 0.893 bits per heavy atom. The van der Waals surface area contributed by atoms with Crippen molar-refractivity contribution in [1.82, 2.24) is 19.9 Å². The highest BCUT2D eigenvalue weighted by atomic mass is 15.0. The smallest absolute Gasteiger partial charge is 0.164 e. The van der Waals surface area contributed by atoms with E-state index in [1.807, 2.05) is 73.1 Å². The molecule has 0 saturated carbocycles. The van der Waals surface area contributed by atoms with Crippen molar-refractivity contribution >= 4 is 0 Å². The molecule has 2 aromatic heterocycles. The fraction of sp³-hybridized carbons (Fsp3) is 0.0385. The van der Waals surface area contributed by atoms with Gasteiger partial charge in [-0.25, -0.2) is 15.0 Å². The molecule has 4 nitrogen and oxygen atoms in total. The molecule has 1 aliphatic carbocycles. The van der Waals surface area contributed by atoms with Crippen LogP contribution in [0.2, 0.25) is 0 Å². The fourth-order valence-corrected chi connectivity index (χ4v) is 8.41. The Balaban J connectivity index is 1.15. The van der Waals surface area contributed by atoms with Gasteiger partial charge in [0.05, 0.1) is 5.41 Å². The van der Waals surface area contributed by atoms with E-state index in [1.165, 1.54) is 55.6 Å². The fourth-order valence-electron chi connectivity index (χ4n) is 8.41. The van der Waals surface area contributed by atoms with Gasteiger partial charge < -0.3 is 0 Å². The first kappa shape index (κ1) is 33.3. The van der Waals surface area contributed by atoms with Crippen LogP contribution >= 0.6 is 0 Å². The molecular formula is C52H36N4. The lowest BCUT2D eigenvalue weighted by molar-refractivity contribution is 0.769. The van der Waals surface area contributed by atoms with Crippen molar-refractivity contribution in [2.75, 3.05) is 0 Å². The third-order valence-electron chi connectivity index (χ3n) is 11.1. The minimum atomic E-state index is -0.556. The second-order valence-electron chi connectivity index (χ2n) is 14.3. The molecule has 0 aliphatic heterocycles. The number of benzene rings is 7. The zero-order chi connectivity index (χ0) is 37.5. The summed E-state index contributed by atoms with van der Waals surface area (Å²) < 4.78 is 0. The van der Waals surface area contributed by atoms with E-state index >= 15 is 0 Å². The first-order valence-electron chi connectivity index (χ1n) is 19.0. The Hall–Kier alpha value is -7.30. The number of rotatable bonds is 7. The van der Waals surface area contributed by atoms with Gasteiger partial charge in [-0.15, -0.1) is 0 Å². The summed E-state index contributed by atoms with van der Waals surface area (Å²) in [5.41, 5.74) is 15.5. The number of aryl methyl sites for hydroxylation is 1. The van der Waals surface area contributed by atoms with E-state index in [1.54, 1.807) is 0 Å². The Morgan fingerprint density at radius 1 is 0.357 bits per heavy atom. The summed E-state index contributed by atoms with van der Waals surface area (Å²) in [6.07, 6.45) is 3.78. The molecule has 0 bridgehead atoms. The van der Waals surface area contributed by atoms with Gasteiger partial charge in [0.2, 0.25) is 0 Å². The van der Waals surface area contributed by atoms with Gasteiger partial charge in [-0.1, -0.05) is 170 Å². The summed E-state index contributed by atoms with van der Waals surface area (Å²) >= 11 is 0. The molecule has 9 aromatic rings. The minimum Gasteiger partial charge on any atom is -0.264 e. The lowest BCUT2D eigenvalue weighted by Crippen LogP contribution is -2.28. The van der Waals surface area contributed by atoms with Crippen LogP contribution in [0.5, 0.6) is 0 Å². The van der Waals surface area contributed by atoms with Gasteiger partial charge in [0.15, 0.2) is 17.5 Å². The minimum absolute atomic E-state index is 0.556. The van der Waals surface area contributed by atoms with E-state index in [0.29, 0.717) is 17.5 Å². The van der Waals surface area contributed by atoms with E-state index in [0.717, 1.165) is 22.3 Å². The zero-order valence-corrected chi connectivity index (χ0v) is 30.8. The van der Waals surface area contributed by atoms with Gasteiger partial charge in [0.25, 0.3) is 0 Å². The summed E-state index contributed by atoms with van der Waals surface area (Å²) in [6.45, 7) is 2.11. The summed E-state index contributed by atoms with van der Waals surface area (Å²) in [4.78, 5) is 19.4. The van der Waals surface area contributed by atoms with Crippen LogP contribution in [-0.2, 0) is 5.41 Å². The number of pyridine rings is 1. The van der Waals surface area contributed by atoms with Crippen LogP contribution in [0, 0.1) is 6.92 Å². The quantitative estimate of drug-likeness (QED) is 0.165. The average Bonchev–Trinajstić information content (AvgIpc) is 3.58. The Bertz CT molecular complexity index is 2790. The molecule has 56 heavy (non-hydrogen) atoms. The molecule has 1 atom stereocenters. The van der Waals surface area contributed by atoms with Gasteiger partial charge >= 0.3 is 0 Å². The van der Waals surface area contributed by atoms with Crippen molar-refractivity contribution in [3.63, 3.8) is 0 Å². The first-order valence-corrected chi connectivity index (χ1v) is 19.0. The van der Waals surface area contributed by atoms with Crippen LogP contribution in [0.15, 0.2) is 200 Å². The molecule has 0 saturated heterocycles. The number of hydrogen-bond acceptors (Lipinski definition) is 4. The predicted molar refractivity (Wildman–Crippen MR) is 227 cm³/mol. The van der Waals surface area contributed by atoms with Gasteiger partial charge in [-0.3, -0.25) is 4.98 Å². The van der Waals surface area contributed by atoms with Crippen LogP contribution in [-0.4, -0.2) is 19.9 Å². The number of hydrogen-bond donors (Lipinski definition) is 0. The molecule has 1 unspecified atom stereocenters. The Labute approximate surface area is 326 Å². The second kappa shape index (κ2) is 13.8. The van der Waals surface area contributed by atoms with E-state index in [9.17, 15) is 0 Å². The number of aromatic nitrogens is 4. The van der Waals surface area contributed by atoms with Crippen molar-refractivity contribution < 1.29 is 0 Å². The lowest BCUT2D eigenvalue weighted by atomic mass is 9.67. The molecule has 0 N–H and O–H groups in total.